The van der Waals surface area contributed by atoms with Crippen molar-refractivity contribution < 1.29 is 4.74 Å². The predicted octanol–water partition coefficient (Wildman–Crippen LogP) is 7.10. The molecular weight excluding hydrogens is 423 g/mol. The van der Waals surface area contributed by atoms with Crippen LogP contribution < -0.4 is 0 Å². The highest BCUT2D eigenvalue weighted by Gasteiger charge is 2.24. The maximum absolute atomic E-state index is 6.72. The van der Waals surface area contributed by atoms with Gasteiger partial charge in [-0.3, -0.25) is 0 Å². The number of alkyl halides is 1. The maximum Gasteiger partial charge on any atom is 0.139 e. The highest BCUT2D eigenvalue weighted by atomic mass is 35.5. The van der Waals surface area contributed by atoms with Crippen molar-refractivity contribution in [3.05, 3.63) is 87.7 Å². The Morgan fingerprint density at radius 1 is 1.11 bits per heavy atom. The first-order chi connectivity index (χ1) is 13.1. The van der Waals surface area contributed by atoms with Gasteiger partial charge in [0, 0.05) is 17.4 Å². The van der Waals surface area contributed by atoms with Crippen molar-refractivity contribution in [2.45, 2.75) is 18.2 Å². The van der Waals surface area contributed by atoms with E-state index in [4.69, 9.17) is 39.5 Å². The number of hydrogen-bond donors (Lipinski definition) is 0. The lowest BCUT2D eigenvalue weighted by molar-refractivity contribution is 0.0242. The quantitative estimate of drug-likeness (QED) is 0.301. The number of benzene rings is 2. The molecule has 0 N–H and O–H groups in total. The zero-order valence-corrected chi connectivity index (χ0v) is 17.1. The van der Waals surface area contributed by atoms with E-state index in [-0.39, 0.29) is 6.10 Å². The van der Waals surface area contributed by atoms with Gasteiger partial charge in [-0.1, -0.05) is 59.1 Å². The van der Waals surface area contributed by atoms with Crippen LogP contribution >= 0.6 is 46.1 Å². The number of ether oxygens (including phenoxy) is 1. The van der Waals surface area contributed by atoms with Crippen LogP contribution in [-0.2, 0) is 11.3 Å². The molecule has 138 valence electrons. The summed E-state index contributed by atoms with van der Waals surface area (Å²) in [6, 6.07) is 13.4. The molecule has 3 nitrogen and oxygen atoms in total. The van der Waals surface area contributed by atoms with E-state index >= 15 is 0 Å². The van der Waals surface area contributed by atoms with Crippen molar-refractivity contribution in [3.8, 4) is 0 Å². The lowest BCUT2D eigenvalue weighted by Crippen LogP contribution is -2.15. The number of hydrogen-bond acceptors (Lipinski definition) is 3. The minimum Gasteiger partial charge on any atom is -0.365 e. The molecule has 2 unspecified atom stereocenters. The Kier molecular flexibility index (Phi) is 5.71. The summed E-state index contributed by atoms with van der Waals surface area (Å²) in [5.41, 5.74) is 1.60. The predicted molar refractivity (Wildman–Crippen MR) is 113 cm³/mol. The van der Waals surface area contributed by atoms with Gasteiger partial charge in [-0.15, -0.1) is 11.3 Å². The van der Waals surface area contributed by atoms with E-state index in [1.807, 2.05) is 47.2 Å². The largest absolute Gasteiger partial charge is 0.365 e. The molecule has 0 radical (unpaired) electrons. The van der Waals surface area contributed by atoms with Gasteiger partial charge >= 0.3 is 0 Å². The fourth-order valence-electron chi connectivity index (χ4n) is 2.92. The number of halogens is 3. The number of imidazole rings is 1. The zero-order chi connectivity index (χ0) is 18.8. The van der Waals surface area contributed by atoms with E-state index in [2.05, 4.69) is 16.4 Å². The number of thiophene rings is 1. The summed E-state index contributed by atoms with van der Waals surface area (Å²) >= 11 is 20.7. The van der Waals surface area contributed by atoms with Crippen LogP contribution in [0.3, 0.4) is 0 Å². The molecule has 0 amide bonds. The SMILES string of the molecule is Clc1ccc(C(OCc2csc3c(Cl)cccc23)C(Cl)n2ccnc2)cc1. The normalized spacial score (nSPS) is 13.7. The van der Waals surface area contributed by atoms with Gasteiger partial charge in [-0.05, 0) is 40.1 Å². The van der Waals surface area contributed by atoms with E-state index in [1.165, 1.54) is 0 Å². The van der Waals surface area contributed by atoms with Crippen LogP contribution in [0, 0.1) is 0 Å². The van der Waals surface area contributed by atoms with Crippen LogP contribution in [0.15, 0.2) is 66.6 Å². The number of aromatic nitrogens is 2. The lowest BCUT2D eigenvalue weighted by atomic mass is 10.1. The molecule has 7 heteroatoms. The van der Waals surface area contributed by atoms with Crippen molar-refractivity contribution >= 4 is 56.2 Å². The van der Waals surface area contributed by atoms with E-state index in [9.17, 15) is 0 Å². The molecule has 2 heterocycles. The first-order valence-corrected chi connectivity index (χ1v) is 10.3. The molecule has 0 aliphatic rings. The molecule has 0 saturated heterocycles. The topological polar surface area (TPSA) is 27.1 Å². The fraction of sp³-hybridized carbons (Fsp3) is 0.150. The summed E-state index contributed by atoms with van der Waals surface area (Å²) < 4.78 is 9.18. The van der Waals surface area contributed by atoms with Gasteiger partial charge in [0.1, 0.15) is 11.6 Å². The first kappa shape index (κ1) is 18.8. The minimum atomic E-state index is -0.442. The van der Waals surface area contributed by atoms with Crippen molar-refractivity contribution in [1.29, 1.82) is 0 Å². The van der Waals surface area contributed by atoms with E-state index in [0.717, 1.165) is 26.2 Å². The highest BCUT2D eigenvalue weighted by Crippen LogP contribution is 2.37. The van der Waals surface area contributed by atoms with Gasteiger partial charge in [-0.2, -0.15) is 0 Å². The smallest absolute Gasteiger partial charge is 0.139 e. The zero-order valence-electron chi connectivity index (χ0n) is 14.1. The van der Waals surface area contributed by atoms with Crippen LogP contribution in [0.4, 0.5) is 0 Å². The van der Waals surface area contributed by atoms with Crippen LogP contribution in [0.5, 0.6) is 0 Å². The molecule has 0 aliphatic heterocycles. The minimum absolute atomic E-state index is 0.368. The molecule has 0 spiro atoms. The Bertz CT molecular complexity index is 1030. The van der Waals surface area contributed by atoms with Gasteiger partial charge in [0.05, 0.1) is 22.7 Å². The van der Waals surface area contributed by atoms with Gasteiger partial charge in [0.15, 0.2) is 0 Å². The third-order valence-electron chi connectivity index (χ3n) is 4.31. The van der Waals surface area contributed by atoms with Crippen LogP contribution in [0.1, 0.15) is 22.7 Å². The second-order valence-corrected chi connectivity index (χ2v) is 8.21. The summed E-state index contributed by atoms with van der Waals surface area (Å²) in [6.07, 6.45) is 4.84. The monoisotopic (exact) mass is 436 g/mol. The third-order valence-corrected chi connectivity index (χ3v) is 6.52. The molecule has 27 heavy (non-hydrogen) atoms. The maximum atomic E-state index is 6.72. The van der Waals surface area contributed by atoms with Crippen molar-refractivity contribution in [1.82, 2.24) is 9.55 Å². The second kappa shape index (κ2) is 8.21. The Hall–Kier alpha value is -1.56. The lowest BCUT2D eigenvalue weighted by Gasteiger charge is -2.24. The average Bonchev–Trinajstić information content (AvgIpc) is 3.34. The first-order valence-electron chi connectivity index (χ1n) is 8.26. The summed E-state index contributed by atoms with van der Waals surface area (Å²) in [6.45, 7) is 0.422. The van der Waals surface area contributed by atoms with E-state index in [1.54, 1.807) is 23.9 Å². The number of fused-ring (bicyclic) bond motifs is 1. The van der Waals surface area contributed by atoms with Gasteiger partial charge in [0.2, 0.25) is 0 Å². The standard InChI is InChI=1S/C20H15Cl3N2OS/c21-15-6-4-13(5-7-15)18(20(23)25-9-8-24-12-25)26-10-14-11-27-19-16(14)2-1-3-17(19)22/h1-9,11-12,18,20H,10H2. The van der Waals surface area contributed by atoms with E-state index < -0.39 is 5.50 Å². The van der Waals surface area contributed by atoms with Gasteiger partial charge in [0.25, 0.3) is 0 Å². The molecule has 4 rings (SSSR count). The molecule has 0 fully saturated rings. The summed E-state index contributed by atoms with van der Waals surface area (Å²) in [7, 11) is 0. The number of rotatable bonds is 6. The average molecular weight is 438 g/mol. The van der Waals surface area contributed by atoms with Gasteiger partial charge < -0.3 is 9.30 Å². The molecule has 4 aromatic rings. The Labute approximate surface area is 176 Å². The fourth-order valence-corrected chi connectivity index (χ4v) is 4.65. The molecule has 2 aromatic heterocycles. The highest BCUT2D eigenvalue weighted by molar-refractivity contribution is 7.18. The van der Waals surface area contributed by atoms with Crippen LogP contribution in [0.2, 0.25) is 10.0 Å². The third kappa shape index (κ3) is 4.00. The second-order valence-electron chi connectivity index (χ2n) is 6.04. The molecule has 2 atom stereocenters. The van der Waals surface area contributed by atoms with Crippen molar-refractivity contribution in [2.24, 2.45) is 0 Å². The molecule has 2 aromatic carbocycles. The van der Waals surface area contributed by atoms with Gasteiger partial charge in [-0.25, -0.2) is 4.98 Å². The van der Waals surface area contributed by atoms with Crippen molar-refractivity contribution in [2.75, 3.05) is 0 Å². The summed E-state index contributed by atoms with van der Waals surface area (Å²) in [5, 5.41) is 4.61. The molecule has 0 bridgehead atoms. The molecule has 0 aliphatic carbocycles. The van der Waals surface area contributed by atoms with Crippen LogP contribution in [-0.4, -0.2) is 9.55 Å². The summed E-state index contributed by atoms with van der Waals surface area (Å²) in [4.78, 5) is 4.08. The molecular formula is C20H15Cl3N2OS. The summed E-state index contributed by atoms with van der Waals surface area (Å²) in [5.74, 6) is 0. The Morgan fingerprint density at radius 3 is 2.67 bits per heavy atom. The molecule has 0 saturated carbocycles. The Morgan fingerprint density at radius 2 is 1.93 bits per heavy atom. The Balaban J connectivity index is 1.62. The van der Waals surface area contributed by atoms with Crippen LogP contribution in [0.25, 0.3) is 10.1 Å². The van der Waals surface area contributed by atoms with E-state index in [0.29, 0.717) is 11.6 Å². The van der Waals surface area contributed by atoms with Crippen molar-refractivity contribution in [3.63, 3.8) is 0 Å². The number of nitrogens with zero attached hydrogens (tertiary/aromatic N) is 2.